The smallest absolute Gasteiger partial charge is 0.339 e. The van der Waals surface area contributed by atoms with Crippen LogP contribution in [0.5, 0.6) is 5.75 Å². The van der Waals surface area contributed by atoms with Crippen molar-refractivity contribution < 1.29 is 19.8 Å². The van der Waals surface area contributed by atoms with E-state index < -0.39 is 11.7 Å². The van der Waals surface area contributed by atoms with Crippen molar-refractivity contribution in [3.8, 4) is 5.75 Å². The quantitative estimate of drug-likeness (QED) is 0.532. The van der Waals surface area contributed by atoms with E-state index >= 15 is 0 Å². The number of aromatic hydroxyl groups is 1. The van der Waals surface area contributed by atoms with Gasteiger partial charge in [0.25, 0.3) is 0 Å². The van der Waals surface area contributed by atoms with Crippen molar-refractivity contribution in [2.24, 2.45) is 0 Å². The summed E-state index contributed by atoms with van der Waals surface area (Å²) in [6.45, 7) is 3.39. The molecule has 0 unspecified atom stereocenters. The number of amides is 1. The maximum absolute atomic E-state index is 11.2. The number of benzene rings is 1. The molecule has 0 aliphatic rings. The molecular weight excluding hydrogens is 210 g/mol. The van der Waals surface area contributed by atoms with E-state index in [2.05, 4.69) is 11.9 Å². The summed E-state index contributed by atoms with van der Waals surface area (Å²) in [7, 11) is 0. The van der Waals surface area contributed by atoms with Gasteiger partial charge in [0.05, 0.1) is 5.69 Å². The first-order chi connectivity index (χ1) is 7.56. The minimum atomic E-state index is -1.25. The molecule has 0 radical (unpaired) electrons. The fourth-order valence-electron chi connectivity index (χ4n) is 1.15. The molecule has 0 atom stereocenters. The van der Waals surface area contributed by atoms with Gasteiger partial charge >= 0.3 is 5.97 Å². The Labute approximate surface area is 92.0 Å². The Morgan fingerprint density at radius 3 is 2.69 bits per heavy atom. The topological polar surface area (TPSA) is 86.6 Å². The van der Waals surface area contributed by atoms with Gasteiger partial charge in [-0.2, -0.15) is 0 Å². The van der Waals surface area contributed by atoms with Crippen molar-refractivity contribution in [2.75, 3.05) is 5.32 Å². The highest BCUT2D eigenvalue weighted by Crippen LogP contribution is 2.27. The highest BCUT2D eigenvalue weighted by atomic mass is 16.4. The van der Waals surface area contributed by atoms with Crippen LogP contribution in [0.2, 0.25) is 0 Å². The molecule has 0 bridgehead atoms. The summed E-state index contributed by atoms with van der Waals surface area (Å²) in [5.74, 6) is -2.07. The van der Waals surface area contributed by atoms with Gasteiger partial charge in [-0.15, -0.1) is 6.58 Å². The molecule has 5 heteroatoms. The maximum atomic E-state index is 11.2. The van der Waals surface area contributed by atoms with E-state index in [-0.39, 0.29) is 23.6 Å². The van der Waals surface area contributed by atoms with Crippen molar-refractivity contribution in [1.29, 1.82) is 0 Å². The third-order valence-electron chi connectivity index (χ3n) is 1.87. The molecule has 0 aliphatic carbocycles. The summed E-state index contributed by atoms with van der Waals surface area (Å²) in [5.41, 5.74) is -0.178. The molecule has 1 rings (SSSR count). The lowest BCUT2D eigenvalue weighted by molar-refractivity contribution is -0.115. The van der Waals surface area contributed by atoms with Crippen molar-refractivity contribution in [1.82, 2.24) is 0 Å². The zero-order valence-corrected chi connectivity index (χ0v) is 8.43. The number of carboxylic acids is 1. The third kappa shape index (κ3) is 2.60. The molecule has 0 fully saturated rings. The molecule has 1 aromatic rings. The Morgan fingerprint density at radius 2 is 2.12 bits per heavy atom. The number of carbonyl (C=O) groups is 2. The lowest BCUT2D eigenvalue weighted by Crippen LogP contribution is -2.11. The average Bonchev–Trinajstić information content (AvgIpc) is 2.21. The Kier molecular flexibility index (Phi) is 3.66. The summed E-state index contributed by atoms with van der Waals surface area (Å²) in [5, 5.41) is 20.7. The van der Waals surface area contributed by atoms with Crippen LogP contribution in [0, 0.1) is 0 Å². The Balaban J connectivity index is 2.97. The minimum absolute atomic E-state index is 0.0757. The highest BCUT2D eigenvalue weighted by Gasteiger charge is 2.13. The molecule has 0 spiro atoms. The summed E-state index contributed by atoms with van der Waals surface area (Å²) >= 11 is 0. The van der Waals surface area contributed by atoms with E-state index in [9.17, 15) is 14.7 Å². The Bertz CT molecular complexity index is 440. The lowest BCUT2D eigenvalue weighted by atomic mass is 10.1. The average molecular weight is 221 g/mol. The predicted molar refractivity (Wildman–Crippen MR) is 58.5 cm³/mol. The number of carbonyl (C=O) groups excluding carboxylic acids is 1. The van der Waals surface area contributed by atoms with Gasteiger partial charge in [-0.25, -0.2) is 4.79 Å². The Hall–Kier alpha value is -2.30. The van der Waals surface area contributed by atoms with Crippen LogP contribution in [0.1, 0.15) is 16.8 Å². The third-order valence-corrected chi connectivity index (χ3v) is 1.87. The molecule has 84 valence electrons. The van der Waals surface area contributed by atoms with E-state index in [0.717, 1.165) is 0 Å². The monoisotopic (exact) mass is 221 g/mol. The SMILES string of the molecule is C=CCC(=O)Nc1cccc(C(=O)O)c1O. The van der Waals surface area contributed by atoms with Crippen molar-refractivity contribution in [2.45, 2.75) is 6.42 Å². The first kappa shape index (κ1) is 11.8. The van der Waals surface area contributed by atoms with E-state index in [4.69, 9.17) is 5.11 Å². The second kappa shape index (κ2) is 4.97. The van der Waals surface area contributed by atoms with Crippen LogP contribution in [0.15, 0.2) is 30.9 Å². The first-order valence-electron chi connectivity index (χ1n) is 4.52. The molecule has 1 aromatic carbocycles. The standard InChI is InChI=1S/C11H11NO4/c1-2-4-9(13)12-8-6-3-5-7(10(8)14)11(15)16/h2-3,5-6,14H,1,4H2,(H,12,13)(H,15,16). The summed E-state index contributed by atoms with van der Waals surface area (Å²) < 4.78 is 0. The number of hydrogen-bond acceptors (Lipinski definition) is 3. The number of aromatic carboxylic acids is 1. The molecule has 0 heterocycles. The minimum Gasteiger partial charge on any atom is -0.505 e. The summed E-state index contributed by atoms with van der Waals surface area (Å²) in [6.07, 6.45) is 1.50. The molecule has 0 saturated carbocycles. The molecule has 0 saturated heterocycles. The molecular formula is C11H11NO4. The van der Waals surface area contributed by atoms with Gasteiger partial charge in [-0.05, 0) is 12.1 Å². The number of rotatable bonds is 4. The fourth-order valence-corrected chi connectivity index (χ4v) is 1.15. The van der Waals surface area contributed by atoms with E-state index in [1.165, 1.54) is 24.3 Å². The van der Waals surface area contributed by atoms with Crippen LogP contribution < -0.4 is 5.32 Å². The molecule has 16 heavy (non-hydrogen) atoms. The van der Waals surface area contributed by atoms with Crippen LogP contribution in [-0.2, 0) is 4.79 Å². The number of carboxylic acid groups (broad SMARTS) is 1. The van der Waals surface area contributed by atoms with Gasteiger partial charge in [0, 0.05) is 6.42 Å². The number of nitrogens with one attached hydrogen (secondary N) is 1. The van der Waals surface area contributed by atoms with Crippen LogP contribution in [0.3, 0.4) is 0 Å². The van der Waals surface area contributed by atoms with Gasteiger partial charge in [-0.1, -0.05) is 12.1 Å². The number of para-hydroxylation sites is 1. The van der Waals surface area contributed by atoms with Crippen molar-refractivity contribution in [3.05, 3.63) is 36.4 Å². The van der Waals surface area contributed by atoms with Gasteiger partial charge in [0.1, 0.15) is 5.56 Å². The zero-order chi connectivity index (χ0) is 12.1. The molecule has 5 nitrogen and oxygen atoms in total. The van der Waals surface area contributed by atoms with Gasteiger partial charge < -0.3 is 15.5 Å². The van der Waals surface area contributed by atoms with E-state index in [1.54, 1.807) is 0 Å². The first-order valence-corrected chi connectivity index (χ1v) is 4.52. The normalized spacial score (nSPS) is 9.50. The van der Waals surface area contributed by atoms with Crippen molar-refractivity contribution in [3.63, 3.8) is 0 Å². The molecule has 0 aromatic heterocycles. The van der Waals surface area contributed by atoms with Crippen LogP contribution in [0.25, 0.3) is 0 Å². The molecule has 3 N–H and O–H groups in total. The summed E-state index contributed by atoms with van der Waals surface area (Å²) in [4.78, 5) is 21.9. The highest BCUT2D eigenvalue weighted by molar-refractivity contribution is 5.98. The summed E-state index contributed by atoms with van der Waals surface area (Å²) in [6, 6.07) is 4.11. The van der Waals surface area contributed by atoms with Gasteiger partial charge in [0.15, 0.2) is 5.75 Å². The van der Waals surface area contributed by atoms with E-state index in [1.807, 2.05) is 0 Å². The number of hydrogen-bond donors (Lipinski definition) is 3. The van der Waals surface area contributed by atoms with Crippen molar-refractivity contribution >= 4 is 17.6 Å². The second-order valence-corrected chi connectivity index (χ2v) is 3.05. The second-order valence-electron chi connectivity index (χ2n) is 3.05. The number of anilines is 1. The molecule has 0 aliphatic heterocycles. The lowest BCUT2D eigenvalue weighted by Gasteiger charge is -2.07. The van der Waals surface area contributed by atoms with Crippen LogP contribution in [0.4, 0.5) is 5.69 Å². The predicted octanol–water partition coefficient (Wildman–Crippen LogP) is 1.60. The fraction of sp³-hybridized carbons (Fsp3) is 0.0909. The zero-order valence-electron chi connectivity index (χ0n) is 8.43. The van der Waals surface area contributed by atoms with Crippen LogP contribution in [-0.4, -0.2) is 22.1 Å². The largest absolute Gasteiger partial charge is 0.505 e. The maximum Gasteiger partial charge on any atom is 0.339 e. The molecule has 1 amide bonds. The van der Waals surface area contributed by atoms with Gasteiger partial charge in [0.2, 0.25) is 5.91 Å². The number of phenols is 1. The van der Waals surface area contributed by atoms with Crippen LogP contribution >= 0.6 is 0 Å². The van der Waals surface area contributed by atoms with Gasteiger partial charge in [-0.3, -0.25) is 4.79 Å². The van der Waals surface area contributed by atoms with E-state index in [0.29, 0.717) is 0 Å². The Morgan fingerprint density at radius 1 is 1.44 bits per heavy atom.